The van der Waals surface area contributed by atoms with Crippen molar-refractivity contribution in [3.63, 3.8) is 0 Å². The van der Waals surface area contributed by atoms with Crippen LogP contribution >= 0.6 is 15.9 Å². The predicted molar refractivity (Wildman–Crippen MR) is 50.0 cm³/mol. The minimum absolute atomic E-state index is 0.0475. The number of sulfonamides is 1. The predicted octanol–water partition coefficient (Wildman–Crippen LogP) is 0.0417. The van der Waals surface area contributed by atoms with E-state index in [0.29, 0.717) is 25.1 Å². The Bertz CT molecular complexity index is 241. The molecule has 1 unspecified atom stereocenters. The third kappa shape index (κ3) is 2.42. The Balaban J connectivity index is 2.72. The highest BCUT2D eigenvalue weighted by Crippen LogP contribution is 2.12. The minimum atomic E-state index is -3.06. The maximum atomic E-state index is 11.2. The lowest BCUT2D eigenvalue weighted by Crippen LogP contribution is -2.48. The zero-order valence-electron chi connectivity index (χ0n) is 6.86. The average Bonchev–Trinajstić information content (AvgIpc) is 2.03. The third-order valence-corrected chi connectivity index (χ3v) is 3.86. The zero-order valence-corrected chi connectivity index (χ0v) is 9.27. The fourth-order valence-corrected chi connectivity index (χ4v) is 3.01. The number of rotatable bonds is 2. The molecule has 0 bridgehead atoms. The van der Waals surface area contributed by atoms with E-state index in [9.17, 15) is 8.42 Å². The third-order valence-electron chi connectivity index (χ3n) is 1.78. The summed E-state index contributed by atoms with van der Waals surface area (Å²) < 4.78 is 29.0. The van der Waals surface area contributed by atoms with Gasteiger partial charge in [0.25, 0.3) is 0 Å². The molecular formula is C6H12BrNO3S. The summed E-state index contributed by atoms with van der Waals surface area (Å²) in [6, 6.07) is -0.0475. The first kappa shape index (κ1) is 10.4. The fourth-order valence-electron chi connectivity index (χ4n) is 1.20. The first-order valence-electron chi connectivity index (χ1n) is 3.66. The molecule has 0 amide bonds. The topological polar surface area (TPSA) is 46.6 Å². The molecule has 0 N–H and O–H groups in total. The van der Waals surface area contributed by atoms with Crippen LogP contribution in [-0.2, 0) is 14.8 Å². The van der Waals surface area contributed by atoms with Crippen LogP contribution < -0.4 is 0 Å². The van der Waals surface area contributed by atoms with E-state index in [0.717, 1.165) is 0 Å². The number of alkyl halides is 1. The van der Waals surface area contributed by atoms with Gasteiger partial charge in [-0.25, -0.2) is 8.42 Å². The lowest BCUT2D eigenvalue weighted by atomic mass is 10.3. The summed E-state index contributed by atoms with van der Waals surface area (Å²) >= 11 is 3.26. The van der Waals surface area contributed by atoms with Crippen molar-refractivity contribution in [1.29, 1.82) is 0 Å². The Morgan fingerprint density at radius 1 is 1.67 bits per heavy atom. The Morgan fingerprint density at radius 2 is 2.33 bits per heavy atom. The summed E-state index contributed by atoms with van der Waals surface area (Å²) in [7, 11) is -3.06. The van der Waals surface area contributed by atoms with Crippen LogP contribution in [0.1, 0.15) is 0 Å². The van der Waals surface area contributed by atoms with Gasteiger partial charge in [-0.1, -0.05) is 15.9 Å². The molecule has 0 saturated carbocycles. The number of morpholine rings is 1. The van der Waals surface area contributed by atoms with E-state index in [-0.39, 0.29) is 6.04 Å². The molecule has 0 spiro atoms. The highest BCUT2D eigenvalue weighted by molar-refractivity contribution is 9.09. The van der Waals surface area contributed by atoms with Crippen LogP contribution in [0.25, 0.3) is 0 Å². The summed E-state index contributed by atoms with van der Waals surface area (Å²) in [5.41, 5.74) is 0. The second-order valence-corrected chi connectivity index (χ2v) is 5.34. The van der Waals surface area contributed by atoms with Gasteiger partial charge in [0.2, 0.25) is 10.0 Å². The number of hydrogen-bond donors (Lipinski definition) is 0. The van der Waals surface area contributed by atoms with Gasteiger partial charge >= 0.3 is 0 Å². The van der Waals surface area contributed by atoms with Gasteiger partial charge < -0.3 is 4.74 Å². The van der Waals surface area contributed by atoms with Gasteiger partial charge in [0.05, 0.1) is 25.5 Å². The molecule has 1 atom stereocenters. The van der Waals surface area contributed by atoms with E-state index in [1.807, 2.05) is 0 Å². The summed E-state index contributed by atoms with van der Waals surface area (Å²) in [6.07, 6.45) is 1.23. The summed E-state index contributed by atoms with van der Waals surface area (Å²) in [5, 5.41) is 0.625. The van der Waals surface area contributed by atoms with Crippen molar-refractivity contribution in [3.05, 3.63) is 0 Å². The maximum absolute atomic E-state index is 11.2. The zero-order chi connectivity index (χ0) is 9.19. The second-order valence-electron chi connectivity index (χ2n) is 2.76. The van der Waals surface area contributed by atoms with Gasteiger partial charge in [-0.3, -0.25) is 0 Å². The smallest absolute Gasteiger partial charge is 0.211 e. The van der Waals surface area contributed by atoms with E-state index >= 15 is 0 Å². The Labute approximate surface area is 81.1 Å². The van der Waals surface area contributed by atoms with Crippen molar-refractivity contribution < 1.29 is 13.2 Å². The second kappa shape index (κ2) is 4.04. The molecule has 0 radical (unpaired) electrons. The van der Waals surface area contributed by atoms with Crippen molar-refractivity contribution in [1.82, 2.24) is 4.31 Å². The summed E-state index contributed by atoms with van der Waals surface area (Å²) in [6.45, 7) is 1.45. The van der Waals surface area contributed by atoms with E-state index in [1.54, 1.807) is 0 Å². The molecule has 12 heavy (non-hydrogen) atoms. The van der Waals surface area contributed by atoms with Crippen LogP contribution in [0.4, 0.5) is 0 Å². The summed E-state index contributed by atoms with van der Waals surface area (Å²) in [5.74, 6) is 0. The molecule has 1 saturated heterocycles. The highest BCUT2D eigenvalue weighted by atomic mass is 79.9. The van der Waals surface area contributed by atoms with Crippen molar-refractivity contribution in [3.8, 4) is 0 Å². The molecule has 1 rings (SSSR count). The van der Waals surface area contributed by atoms with Gasteiger partial charge in [0.1, 0.15) is 0 Å². The fraction of sp³-hybridized carbons (Fsp3) is 1.00. The van der Waals surface area contributed by atoms with Crippen molar-refractivity contribution in [2.24, 2.45) is 0 Å². The first-order valence-corrected chi connectivity index (χ1v) is 6.63. The average molecular weight is 258 g/mol. The number of ether oxygens (including phenoxy) is 1. The van der Waals surface area contributed by atoms with E-state index in [1.165, 1.54) is 10.6 Å². The molecule has 0 aromatic carbocycles. The van der Waals surface area contributed by atoms with Crippen LogP contribution in [0.2, 0.25) is 0 Å². The Morgan fingerprint density at radius 3 is 2.75 bits per heavy atom. The van der Waals surface area contributed by atoms with E-state index < -0.39 is 10.0 Å². The standard InChI is InChI=1S/C6H12BrNO3S/c1-12(9,10)8-2-3-11-5-6(8)4-7/h6H,2-5H2,1H3. The largest absolute Gasteiger partial charge is 0.378 e. The molecule has 1 aliphatic rings. The quantitative estimate of drug-likeness (QED) is 0.657. The van der Waals surface area contributed by atoms with Gasteiger partial charge in [-0.15, -0.1) is 0 Å². The molecule has 0 aromatic heterocycles. The van der Waals surface area contributed by atoms with Crippen LogP contribution in [0.5, 0.6) is 0 Å². The molecule has 6 heteroatoms. The Kier molecular flexibility index (Phi) is 3.51. The number of hydrogen-bond acceptors (Lipinski definition) is 3. The number of halogens is 1. The van der Waals surface area contributed by atoms with Crippen molar-refractivity contribution in [2.45, 2.75) is 6.04 Å². The normalized spacial score (nSPS) is 27.3. The first-order chi connectivity index (χ1) is 5.55. The molecule has 1 aliphatic heterocycles. The van der Waals surface area contributed by atoms with Crippen molar-refractivity contribution in [2.75, 3.05) is 31.3 Å². The van der Waals surface area contributed by atoms with Crippen LogP contribution in [-0.4, -0.2) is 50.1 Å². The van der Waals surface area contributed by atoms with Gasteiger partial charge in [-0.05, 0) is 0 Å². The Hall–Kier alpha value is 0.350. The minimum Gasteiger partial charge on any atom is -0.378 e. The van der Waals surface area contributed by atoms with Crippen LogP contribution in [0, 0.1) is 0 Å². The van der Waals surface area contributed by atoms with Crippen LogP contribution in [0.3, 0.4) is 0 Å². The van der Waals surface area contributed by atoms with E-state index in [2.05, 4.69) is 15.9 Å². The molecule has 1 fully saturated rings. The van der Waals surface area contributed by atoms with Gasteiger partial charge in [0.15, 0.2) is 0 Å². The van der Waals surface area contributed by atoms with Gasteiger partial charge in [0, 0.05) is 11.9 Å². The summed E-state index contributed by atoms with van der Waals surface area (Å²) in [4.78, 5) is 0. The lowest BCUT2D eigenvalue weighted by molar-refractivity contribution is 0.0416. The van der Waals surface area contributed by atoms with Crippen LogP contribution in [0.15, 0.2) is 0 Å². The highest BCUT2D eigenvalue weighted by Gasteiger charge is 2.28. The molecule has 4 nitrogen and oxygen atoms in total. The SMILES string of the molecule is CS(=O)(=O)N1CCOCC1CBr. The molecule has 0 aliphatic carbocycles. The molecule has 72 valence electrons. The van der Waals surface area contributed by atoms with Gasteiger partial charge in [-0.2, -0.15) is 4.31 Å². The monoisotopic (exact) mass is 257 g/mol. The number of nitrogens with zero attached hydrogens (tertiary/aromatic N) is 1. The van der Waals surface area contributed by atoms with E-state index in [4.69, 9.17) is 4.74 Å². The molecule has 1 heterocycles. The molecule has 0 aromatic rings. The maximum Gasteiger partial charge on any atom is 0.211 e. The van der Waals surface area contributed by atoms with Crippen molar-refractivity contribution >= 4 is 26.0 Å². The lowest BCUT2D eigenvalue weighted by Gasteiger charge is -2.32. The molecular weight excluding hydrogens is 246 g/mol.